The molecule has 1 fully saturated rings. The van der Waals surface area contributed by atoms with Crippen LogP contribution in [-0.4, -0.2) is 28.5 Å². The highest BCUT2D eigenvalue weighted by molar-refractivity contribution is 6.18. The number of carbonyl (C=O) groups excluding carboxylic acids is 1. The molecule has 0 atom stereocenters. The molecule has 142 valence electrons. The molecule has 0 radical (unpaired) electrons. The van der Waals surface area contributed by atoms with Crippen molar-refractivity contribution in [1.29, 1.82) is 0 Å². The molecule has 1 aliphatic heterocycles. The summed E-state index contributed by atoms with van der Waals surface area (Å²) in [5.41, 5.74) is 2.41. The van der Waals surface area contributed by atoms with E-state index >= 15 is 0 Å². The molecule has 1 saturated heterocycles. The van der Waals surface area contributed by atoms with Crippen LogP contribution in [0.5, 0.6) is 0 Å². The highest BCUT2D eigenvalue weighted by atomic mass is 16.2. The summed E-state index contributed by atoms with van der Waals surface area (Å²) >= 11 is 0. The Morgan fingerprint density at radius 1 is 0.963 bits per heavy atom. The van der Waals surface area contributed by atoms with Crippen molar-refractivity contribution in [3.8, 4) is 0 Å². The Morgan fingerprint density at radius 3 is 2.22 bits per heavy atom. The van der Waals surface area contributed by atoms with Crippen LogP contribution in [0.4, 0.5) is 0 Å². The molecule has 4 heteroatoms. The second kappa shape index (κ2) is 8.85. The maximum absolute atomic E-state index is 13.3. The van der Waals surface area contributed by atoms with E-state index in [0.717, 1.165) is 44.3 Å². The molecule has 4 nitrogen and oxygen atoms in total. The zero-order valence-corrected chi connectivity index (χ0v) is 16.2. The van der Waals surface area contributed by atoms with E-state index in [1.807, 2.05) is 23.1 Å². The number of rotatable bonds is 4. The van der Waals surface area contributed by atoms with Gasteiger partial charge in [-0.2, -0.15) is 0 Å². The number of likely N-dealkylation sites (tertiary alicyclic amines) is 1. The molecular formula is C23H28N2O2. The second-order valence-corrected chi connectivity index (χ2v) is 7.47. The standard InChI is InChI=1S/C23H28N2O2/c1-18(2)20-12-10-19(11-13-20)17-21(25-16-8-5-9-22(25)26)23(27)24-14-6-3-4-7-15-24/h5,8-13,16-18H,3-4,6-7,14-15H2,1-2H3. The largest absolute Gasteiger partial charge is 0.337 e. The number of amides is 1. The highest BCUT2D eigenvalue weighted by Gasteiger charge is 2.21. The fourth-order valence-corrected chi connectivity index (χ4v) is 3.43. The molecule has 3 rings (SSSR count). The summed E-state index contributed by atoms with van der Waals surface area (Å²) in [7, 11) is 0. The fraction of sp³-hybridized carbons (Fsp3) is 0.391. The number of hydrogen-bond acceptors (Lipinski definition) is 2. The van der Waals surface area contributed by atoms with Gasteiger partial charge < -0.3 is 4.90 Å². The van der Waals surface area contributed by atoms with Gasteiger partial charge in [0.25, 0.3) is 11.5 Å². The Labute approximate surface area is 161 Å². The number of pyridine rings is 1. The van der Waals surface area contributed by atoms with Gasteiger partial charge in [0.2, 0.25) is 0 Å². The van der Waals surface area contributed by atoms with Crippen LogP contribution < -0.4 is 5.56 Å². The van der Waals surface area contributed by atoms with Crippen LogP contribution >= 0.6 is 0 Å². The molecule has 1 aromatic carbocycles. The molecule has 0 bridgehead atoms. The van der Waals surface area contributed by atoms with E-state index in [2.05, 4.69) is 26.0 Å². The van der Waals surface area contributed by atoms with Gasteiger partial charge in [-0.3, -0.25) is 14.2 Å². The fourth-order valence-electron chi connectivity index (χ4n) is 3.43. The molecule has 0 saturated carbocycles. The Bertz CT molecular complexity index is 854. The van der Waals surface area contributed by atoms with E-state index in [4.69, 9.17) is 0 Å². The first kappa shape index (κ1) is 19.2. The van der Waals surface area contributed by atoms with Crippen molar-refractivity contribution >= 4 is 17.7 Å². The lowest BCUT2D eigenvalue weighted by Crippen LogP contribution is -2.36. The topological polar surface area (TPSA) is 42.3 Å². The third-order valence-electron chi connectivity index (χ3n) is 5.10. The molecule has 2 heterocycles. The molecule has 2 aromatic rings. The van der Waals surface area contributed by atoms with Crippen molar-refractivity contribution < 1.29 is 4.79 Å². The van der Waals surface area contributed by atoms with Gasteiger partial charge in [-0.15, -0.1) is 0 Å². The number of hydrogen-bond donors (Lipinski definition) is 0. The van der Waals surface area contributed by atoms with Crippen LogP contribution in [0.25, 0.3) is 11.8 Å². The third kappa shape index (κ3) is 4.76. The minimum absolute atomic E-state index is 0.0712. The first-order valence-corrected chi connectivity index (χ1v) is 9.85. The first-order valence-electron chi connectivity index (χ1n) is 9.85. The van der Waals surface area contributed by atoms with Crippen molar-refractivity contribution in [2.45, 2.75) is 45.4 Å². The van der Waals surface area contributed by atoms with Crippen LogP contribution in [-0.2, 0) is 4.79 Å². The summed E-state index contributed by atoms with van der Waals surface area (Å²) in [5, 5.41) is 0. The zero-order chi connectivity index (χ0) is 19.2. The van der Waals surface area contributed by atoms with Crippen LogP contribution in [0.2, 0.25) is 0 Å². The molecule has 0 unspecified atom stereocenters. The van der Waals surface area contributed by atoms with Crippen LogP contribution in [0.15, 0.2) is 53.5 Å². The van der Waals surface area contributed by atoms with Gasteiger partial charge >= 0.3 is 0 Å². The second-order valence-electron chi connectivity index (χ2n) is 7.47. The van der Waals surface area contributed by atoms with Gasteiger partial charge in [0.05, 0.1) is 0 Å². The molecule has 0 aliphatic carbocycles. The van der Waals surface area contributed by atoms with Crippen molar-refractivity contribution in [3.63, 3.8) is 0 Å². The number of carbonyl (C=O) groups is 1. The summed E-state index contributed by atoms with van der Waals surface area (Å²) in [6.45, 7) is 5.82. The molecule has 1 aromatic heterocycles. The Hall–Kier alpha value is -2.62. The van der Waals surface area contributed by atoms with E-state index in [9.17, 15) is 9.59 Å². The van der Waals surface area contributed by atoms with E-state index < -0.39 is 0 Å². The monoisotopic (exact) mass is 364 g/mol. The van der Waals surface area contributed by atoms with Gasteiger partial charge in [0.1, 0.15) is 5.70 Å². The number of aromatic nitrogens is 1. The quantitative estimate of drug-likeness (QED) is 0.756. The Morgan fingerprint density at radius 2 is 1.63 bits per heavy atom. The van der Waals surface area contributed by atoms with Crippen molar-refractivity contribution in [2.24, 2.45) is 0 Å². The number of benzene rings is 1. The van der Waals surface area contributed by atoms with Gasteiger partial charge in [0, 0.05) is 25.4 Å². The smallest absolute Gasteiger partial charge is 0.270 e. The molecule has 0 spiro atoms. The van der Waals surface area contributed by atoms with Gasteiger partial charge in [-0.25, -0.2) is 0 Å². The predicted octanol–water partition coefficient (Wildman–Crippen LogP) is 4.37. The van der Waals surface area contributed by atoms with Gasteiger partial charge in [-0.1, -0.05) is 57.0 Å². The lowest BCUT2D eigenvalue weighted by Gasteiger charge is -2.22. The van der Waals surface area contributed by atoms with Crippen molar-refractivity contribution in [1.82, 2.24) is 9.47 Å². The van der Waals surface area contributed by atoms with E-state index in [-0.39, 0.29) is 11.5 Å². The lowest BCUT2D eigenvalue weighted by molar-refractivity contribution is -0.125. The van der Waals surface area contributed by atoms with Crippen LogP contribution in [0, 0.1) is 0 Å². The third-order valence-corrected chi connectivity index (χ3v) is 5.10. The summed E-state index contributed by atoms with van der Waals surface area (Å²) < 4.78 is 1.46. The maximum Gasteiger partial charge on any atom is 0.270 e. The minimum Gasteiger partial charge on any atom is -0.337 e. The van der Waals surface area contributed by atoms with E-state index in [0.29, 0.717) is 11.6 Å². The van der Waals surface area contributed by atoms with Crippen molar-refractivity contribution in [3.05, 3.63) is 70.1 Å². The normalized spacial score (nSPS) is 15.7. The first-order chi connectivity index (χ1) is 13.1. The van der Waals surface area contributed by atoms with E-state index in [1.165, 1.54) is 16.2 Å². The Kier molecular flexibility index (Phi) is 6.28. The van der Waals surface area contributed by atoms with Gasteiger partial charge in [0.15, 0.2) is 0 Å². The van der Waals surface area contributed by atoms with Crippen LogP contribution in [0.3, 0.4) is 0 Å². The summed E-state index contributed by atoms with van der Waals surface area (Å²) in [4.78, 5) is 27.6. The SMILES string of the molecule is CC(C)c1ccc(C=C(C(=O)N2CCCCCC2)n2ccccc2=O)cc1. The van der Waals surface area contributed by atoms with Gasteiger partial charge in [-0.05, 0) is 42.0 Å². The average Bonchev–Trinajstić information content (AvgIpc) is 2.96. The highest BCUT2D eigenvalue weighted by Crippen LogP contribution is 2.19. The number of nitrogens with zero attached hydrogens (tertiary/aromatic N) is 2. The molecule has 1 aliphatic rings. The molecular weight excluding hydrogens is 336 g/mol. The lowest BCUT2D eigenvalue weighted by atomic mass is 10.0. The zero-order valence-electron chi connectivity index (χ0n) is 16.2. The van der Waals surface area contributed by atoms with E-state index in [1.54, 1.807) is 18.3 Å². The Balaban J connectivity index is 2.00. The maximum atomic E-state index is 13.3. The molecule has 1 amide bonds. The minimum atomic E-state index is -0.189. The van der Waals surface area contributed by atoms with Crippen molar-refractivity contribution in [2.75, 3.05) is 13.1 Å². The molecule has 0 N–H and O–H groups in total. The average molecular weight is 364 g/mol. The predicted molar refractivity (Wildman–Crippen MR) is 110 cm³/mol. The summed E-state index contributed by atoms with van der Waals surface area (Å²) in [5.74, 6) is 0.385. The summed E-state index contributed by atoms with van der Waals surface area (Å²) in [6.07, 6.45) is 7.86. The van der Waals surface area contributed by atoms with Crippen LogP contribution in [0.1, 0.15) is 56.6 Å². The summed E-state index contributed by atoms with van der Waals surface area (Å²) in [6, 6.07) is 13.2. The molecule has 27 heavy (non-hydrogen) atoms.